The highest BCUT2D eigenvalue weighted by Gasteiger charge is 2.31. The van der Waals surface area contributed by atoms with E-state index in [4.69, 9.17) is 0 Å². The Labute approximate surface area is 79.8 Å². The van der Waals surface area contributed by atoms with E-state index in [0.717, 1.165) is 12.8 Å². The molecule has 74 valence electrons. The number of hydrogen-bond donors (Lipinski definition) is 1. The topological polar surface area (TPSA) is 32.3 Å². The lowest BCUT2D eigenvalue weighted by Gasteiger charge is -2.22. The van der Waals surface area contributed by atoms with Crippen LogP contribution in [0.25, 0.3) is 0 Å². The Balaban J connectivity index is 2.42. The number of nitrogens with one attached hydrogen (secondary N) is 1. The van der Waals surface area contributed by atoms with E-state index in [9.17, 15) is 4.79 Å². The highest BCUT2D eigenvalue weighted by Crippen LogP contribution is 2.26. The van der Waals surface area contributed by atoms with Crippen LogP contribution >= 0.6 is 0 Å². The Hall–Kier alpha value is -0.990. The lowest BCUT2D eigenvalue weighted by Crippen LogP contribution is -2.44. The predicted octanol–water partition coefficient (Wildman–Crippen LogP) is 1.75. The summed E-state index contributed by atoms with van der Waals surface area (Å²) in [5, 5.41) is 2.89. The monoisotopic (exact) mass is 182 g/mol. The molecular weight excluding hydrogens is 164 g/mol. The zero-order valence-corrected chi connectivity index (χ0v) is 8.42. The quantitative estimate of drug-likeness (QED) is 0.660. The van der Waals surface area contributed by atoms with E-state index in [2.05, 4.69) is 11.9 Å². The summed E-state index contributed by atoms with van der Waals surface area (Å²) >= 11 is 0. The lowest BCUT2D eigenvalue weighted by molar-refractivity contribution is 0.198. The second-order valence-electron chi connectivity index (χ2n) is 3.78. The van der Waals surface area contributed by atoms with E-state index in [0.29, 0.717) is 12.6 Å². The molecule has 2 amide bonds. The number of hydrogen-bond acceptors (Lipinski definition) is 1. The van der Waals surface area contributed by atoms with Crippen molar-refractivity contribution in [1.29, 1.82) is 0 Å². The molecular formula is C10H18N2O. The third kappa shape index (κ3) is 3.09. The van der Waals surface area contributed by atoms with Gasteiger partial charge in [0.25, 0.3) is 0 Å². The maximum absolute atomic E-state index is 11.6. The van der Waals surface area contributed by atoms with Crippen molar-refractivity contribution in [1.82, 2.24) is 10.2 Å². The first-order chi connectivity index (χ1) is 6.15. The van der Waals surface area contributed by atoms with Crippen LogP contribution in [0.3, 0.4) is 0 Å². The van der Waals surface area contributed by atoms with Crippen molar-refractivity contribution in [2.24, 2.45) is 0 Å². The molecule has 0 saturated heterocycles. The van der Waals surface area contributed by atoms with Crippen molar-refractivity contribution in [3.63, 3.8) is 0 Å². The van der Waals surface area contributed by atoms with Gasteiger partial charge in [-0.1, -0.05) is 6.08 Å². The maximum atomic E-state index is 11.6. The van der Waals surface area contributed by atoms with Crippen LogP contribution in [-0.4, -0.2) is 29.6 Å². The highest BCUT2D eigenvalue weighted by molar-refractivity contribution is 5.75. The molecule has 0 aromatic rings. The Bertz CT molecular complexity index is 197. The van der Waals surface area contributed by atoms with Crippen LogP contribution in [0, 0.1) is 0 Å². The lowest BCUT2D eigenvalue weighted by atomic mass is 10.4. The summed E-state index contributed by atoms with van der Waals surface area (Å²) in [6.07, 6.45) is 4.05. The van der Waals surface area contributed by atoms with Crippen molar-refractivity contribution in [3.05, 3.63) is 12.7 Å². The fraction of sp³-hybridized carbons (Fsp3) is 0.700. The average molecular weight is 182 g/mol. The first-order valence-corrected chi connectivity index (χ1v) is 4.83. The number of urea groups is 1. The second kappa shape index (κ2) is 4.30. The van der Waals surface area contributed by atoms with Gasteiger partial charge in [-0.3, -0.25) is 0 Å². The third-order valence-electron chi connectivity index (χ3n) is 1.99. The number of amides is 2. The minimum atomic E-state index is 0.0393. The van der Waals surface area contributed by atoms with Gasteiger partial charge in [-0.15, -0.1) is 6.58 Å². The van der Waals surface area contributed by atoms with E-state index in [1.165, 1.54) is 0 Å². The Kier molecular flexibility index (Phi) is 3.34. The molecule has 13 heavy (non-hydrogen) atoms. The molecule has 1 fully saturated rings. The predicted molar refractivity (Wildman–Crippen MR) is 53.6 cm³/mol. The standard InChI is InChI=1S/C10H18N2O/c1-4-7-12(9-5-6-9)10(13)11-8(2)3/h4,8-9H,1,5-7H2,2-3H3,(H,11,13). The highest BCUT2D eigenvalue weighted by atomic mass is 16.2. The number of carbonyl (C=O) groups excluding carboxylic acids is 1. The maximum Gasteiger partial charge on any atom is 0.318 e. The van der Waals surface area contributed by atoms with Crippen molar-refractivity contribution in [2.75, 3.05) is 6.54 Å². The van der Waals surface area contributed by atoms with Gasteiger partial charge in [0, 0.05) is 18.6 Å². The number of rotatable bonds is 4. The Morgan fingerprint density at radius 3 is 2.69 bits per heavy atom. The molecule has 1 saturated carbocycles. The molecule has 1 aliphatic carbocycles. The number of carbonyl (C=O) groups is 1. The zero-order valence-electron chi connectivity index (χ0n) is 8.42. The molecule has 0 atom stereocenters. The molecule has 3 heteroatoms. The second-order valence-corrected chi connectivity index (χ2v) is 3.78. The number of nitrogens with zero attached hydrogens (tertiary/aromatic N) is 1. The van der Waals surface area contributed by atoms with Crippen molar-refractivity contribution < 1.29 is 4.79 Å². The van der Waals surface area contributed by atoms with E-state index >= 15 is 0 Å². The van der Waals surface area contributed by atoms with Gasteiger partial charge in [0.05, 0.1) is 0 Å². The van der Waals surface area contributed by atoms with Gasteiger partial charge in [0.1, 0.15) is 0 Å². The van der Waals surface area contributed by atoms with Crippen LogP contribution in [0.5, 0.6) is 0 Å². The van der Waals surface area contributed by atoms with Gasteiger partial charge in [-0.05, 0) is 26.7 Å². The normalized spacial score (nSPS) is 15.6. The molecule has 0 spiro atoms. The van der Waals surface area contributed by atoms with Gasteiger partial charge in [0.2, 0.25) is 0 Å². The van der Waals surface area contributed by atoms with Crippen LogP contribution in [0.2, 0.25) is 0 Å². The van der Waals surface area contributed by atoms with Crippen LogP contribution in [0.15, 0.2) is 12.7 Å². The van der Waals surface area contributed by atoms with Crippen LogP contribution in [0.1, 0.15) is 26.7 Å². The van der Waals surface area contributed by atoms with Gasteiger partial charge >= 0.3 is 6.03 Å². The van der Waals surface area contributed by atoms with Gasteiger partial charge in [0.15, 0.2) is 0 Å². The molecule has 3 nitrogen and oxygen atoms in total. The molecule has 1 N–H and O–H groups in total. The molecule has 0 heterocycles. The summed E-state index contributed by atoms with van der Waals surface area (Å²) in [4.78, 5) is 13.4. The summed E-state index contributed by atoms with van der Waals surface area (Å²) < 4.78 is 0. The fourth-order valence-corrected chi connectivity index (χ4v) is 1.25. The van der Waals surface area contributed by atoms with E-state index < -0.39 is 0 Å². The Morgan fingerprint density at radius 1 is 1.69 bits per heavy atom. The van der Waals surface area contributed by atoms with Gasteiger partial charge < -0.3 is 10.2 Å². The van der Waals surface area contributed by atoms with Crippen molar-refractivity contribution in [2.45, 2.75) is 38.8 Å². The smallest absolute Gasteiger partial charge is 0.318 e. The minimum absolute atomic E-state index is 0.0393. The molecule has 0 aromatic carbocycles. The molecule has 0 aliphatic heterocycles. The summed E-state index contributed by atoms with van der Waals surface area (Å²) in [6, 6.07) is 0.702. The van der Waals surface area contributed by atoms with E-state index in [1.54, 1.807) is 6.08 Å². The van der Waals surface area contributed by atoms with Crippen molar-refractivity contribution >= 4 is 6.03 Å². The average Bonchev–Trinajstić information content (AvgIpc) is 2.81. The first kappa shape index (κ1) is 10.1. The summed E-state index contributed by atoms with van der Waals surface area (Å²) in [5.74, 6) is 0. The molecule has 0 radical (unpaired) electrons. The SMILES string of the molecule is C=CCN(C(=O)NC(C)C)C1CC1. The van der Waals surface area contributed by atoms with E-state index in [-0.39, 0.29) is 12.1 Å². The Morgan fingerprint density at radius 2 is 2.31 bits per heavy atom. The van der Waals surface area contributed by atoms with Crippen LogP contribution < -0.4 is 5.32 Å². The summed E-state index contributed by atoms with van der Waals surface area (Å²) in [6.45, 7) is 8.24. The minimum Gasteiger partial charge on any atom is -0.336 e. The fourth-order valence-electron chi connectivity index (χ4n) is 1.25. The van der Waals surface area contributed by atoms with Crippen LogP contribution in [-0.2, 0) is 0 Å². The molecule has 1 rings (SSSR count). The van der Waals surface area contributed by atoms with Crippen molar-refractivity contribution in [3.8, 4) is 0 Å². The molecule has 0 aromatic heterocycles. The largest absolute Gasteiger partial charge is 0.336 e. The zero-order chi connectivity index (χ0) is 9.84. The van der Waals surface area contributed by atoms with E-state index in [1.807, 2.05) is 18.7 Å². The van der Waals surface area contributed by atoms with Gasteiger partial charge in [-0.2, -0.15) is 0 Å². The first-order valence-electron chi connectivity index (χ1n) is 4.83. The van der Waals surface area contributed by atoms with Crippen LogP contribution in [0.4, 0.5) is 4.79 Å². The molecule has 0 bridgehead atoms. The summed E-state index contributed by atoms with van der Waals surface area (Å²) in [5.41, 5.74) is 0. The molecule has 0 unspecified atom stereocenters. The molecule has 1 aliphatic rings. The summed E-state index contributed by atoms with van der Waals surface area (Å²) in [7, 11) is 0. The third-order valence-corrected chi connectivity index (χ3v) is 1.99. The van der Waals surface area contributed by atoms with Gasteiger partial charge in [-0.25, -0.2) is 4.79 Å².